The van der Waals surface area contributed by atoms with Crippen molar-refractivity contribution in [2.75, 3.05) is 12.3 Å². The Morgan fingerprint density at radius 1 is 1.39 bits per heavy atom. The zero-order chi connectivity index (χ0) is 12.5. The van der Waals surface area contributed by atoms with E-state index in [1.165, 1.54) is 35.5 Å². The maximum atomic E-state index is 6.13. The van der Waals surface area contributed by atoms with Gasteiger partial charge in [0.25, 0.3) is 0 Å². The lowest BCUT2D eigenvalue weighted by molar-refractivity contribution is 0.411. The maximum Gasteiger partial charge on any atom is 0.0410 e. The standard InChI is InChI=1S/C15H20ClNS/c1-10(11-2-3-11)9-17-14-6-7-18-15-5-4-12(16)8-13(14)15/h4-5,8,10-11,14,17H,2-3,6-7,9H2,1H3. The summed E-state index contributed by atoms with van der Waals surface area (Å²) in [5, 5.41) is 4.61. The molecule has 98 valence electrons. The van der Waals surface area contributed by atoms with E-state index in [2.05, 4.69) is 24.4 Å². The molecule has 1 fully saturated rings. The molecule has 1 nitrogen and oxygen atoms in total. The average Bonchev–Trinajstić information content (AvgIpc) is 3.20. The van der Waals surface area contributed by atoms with Crippen molar-refractivity contribution in [1.29, 1.82) is 0 Å². The first-order valence-electron chi connectivity index (χ1n) is 6.89. The molecule has 0 radical (unpaired) electrons. The quantitative estimate of drug-likeness (QED) is 0.871. The predicted octanol–water partition coefficient (Wildman–Crippen LogP) is 4.51. The van der Waals surface area contributed by atoms with Crippen LogP contribution in [-0.4, -0.2) is 12.3 Å². The third kappa shape index (κ3) is 2.87. The van der Waals surface area contributed by atoms with Crippen LogP contribution in [0.2, 0.25) is 5.02 Å². The van der Waals surface area contributed by atoms with Gasteiger partial charge in [-0.1, -0.05) is 18.5 Å². The van der Waals surface area contributed by atoms with Crippen molar-refractivity contribution < 1.29 is 0 Å². The van der Waals surface area contributed by atoms with Crippen LogP contribution in [0.4, 0.5) is 0 Å². The summed E-state index contributed by atoms with van der Waals surface area (Å²) in [6.45, 7) is 3.52. The van der Waals surface area contributed by atoms with Gasteiger partial charge < -0.3 is 5.32 Å². The van der Waals surface area contributed by atoms with E-state index in [0.717, 1.165) is 23.4 Å². The number of hydrogen-bond acceptors (Lipinski definition) is 2. The topological polar surface area (TPSA) is 12.0 Å². The van der Waals surface area contributed by atoms with Gasteiger partial charge in [0.1, 0.15) is 0 Å². The molecular weight excluding hydrogens is 262 g/mol. The van der Waals surface area contributed by atoms with Crippen LogP contribution in [0, 0.1) is 11.8 Å². The number of thioether (sulfide) groups is 1. The number of fused-ring (bicyclic) bond motifs is 1. The van der Waals surface area contributed by atoms with E-state index in [0.29, 0.717) is 6.04 Å². The van der Waals surface area contributed by atoms with Crippen LogP contribution in [0.25, 0.3) is 0 Å². The third-order valence-corrected chi connectivity index (χ3v) is 5.48. The van der Waals surface area contributed by atoms with E-state index in [1.54, 1.807) is 0 Å². The van der Waals surface area contributed by atoms with Gasteiger partial charge in [0.05, 0.1) is 0 Å². The minimum absolute atomic E-state index is 0.501. The van der Waals surface area contributed by atoms with Crippen LogP contribution in [0.15, 0.2) is 23.1 Å². The van der Waals surface area contributed by atoms with E-state index in [4.69, 9.17) is 11.6 Å². The molecule has 0 saturated heterocycles. The summed E-state index contributed by atoms with van der Waals surface area (Å²) >= 11 is 8.08. The predicted molar refractivity (Wildman–Crippen MR) is 79.4 cm³/mol. The molecule has 0 bridgehead atoms. The summed E-state index contributed by atoms with van der Waals surface area (Å²) < 4.78 is 0. The summed E-state index contributed by atoms with van der Waals surface area (Å²) in [4.78, 5) is 1.40. The second-order valence-electron chi connectivity index (χ2n) is 5.59. The third-order valence-electron chi connectivity index (χ3n) is 4.12. The van der Waals surface area contributed by atoms with Crippen LogP contribution in [0.1, 0.15) is 37.8 Å². The van der Waals surface area contributed by atoms with Gasteiger partial charge in [-0.3, -0.25) is 0 Å². The summed E-state index contributed by atoms with van der Waals surface area (Å²) in [7, 11) is 0. The van der Waals surface area contributed by atoms with Gasteiger partial charge >= 0.3 is 0 Å². The summed E-state index contributed by atoms with van der Waals surface area (Å²) in [6.07, 6.45) is 4.09. The number of halogens is 1. The van der Waals surface area contributed by atoms with Crippen molar-refractivity contribution in [3.63, 3.8) is 0 Å². The summed E-state index contributed by atoms with van der Waals surface area (Å²) in [6, 6.07) is 6.81. The Morgan fingerprint density at radius 2 is 2.22 bits per heavy atom. The fraction of sp³-hybridized carbons (Fsp3) is 0.600. The van der Waals surface area contributed by atoms with E-state index in [-0.39, 0.29) is 0 Å². The molecule has 18 heavy (non-hydrogen) atoms. The first-order valence-corrected chi connectivity index (χ1v) is 8.26. The van der Waals surface area contributed by atoms with Gasteiger partial charge in [0.2, 0.25) is 0 Å². The average molecular weight is 282 g/mol. The van der Waals surface area contributed by atoms with Gasteiger partial charge in [0, 0.05) is 16.0 Å². The van der Waals surface area contributed by atoms with Crippen molar-refractivity contribution >= 4 is 23.4 Å². The highest BCUT2D eigenvalue weighted by Crippen LogP contribution is 2.39. The SMILES string of the molecule is CC(CNC1CCSc2ccc(Cl)cc21)C1CC1. The van der Waals surface area contributed by atoms with Gasteiger partial charge in [-0.2, -0.15) is 0 Å². The van der Waals surface area contributed by atoms with Crippen LogP contribution in [0.3, 0.4) is 0 Å². The molecule has 1 N–H and O–H groups in total. The second kappa shape index (κ2) is 5.44. The fourth-order valence-corrected chi connectivity index (χ4v) is 4.02. The Balaban J connectivity index is 1.68. The van der Waals surface area contributed by atoms with Crippen LogP contribution >= 0.6 is 23.4 Å². The van der Waals surface area contributed by atoms with Gasteiger partial charge in [0.15, 0.2) is 0 Å². The largest absolute Gasteiger partial charge is 0.310 e. The Labute approximate surface area is 119 Å². The highest BCUT2D eigenvalue weighted by molar-refractivity contribution is 7.99. The lowest BCUT2D eigenvalue weighted by atomic mass is 10.0. The van der Waals surface area contributed by atoms with Crippen molar-refractivity contribution in [2.45, 2.75) is 37.1 Å². The number of rotatable bonds is 4. The highest BCUT2D eigenvalue weighted by atomic mass is 35.5. The number of benzene rings is 1. The maximum absolute atomic E-state index is 6.13. The lowest BCUT2D eigenvalue weighted by Gasteiger charge is -2.27. The Morgan fingerprint density at radius 3 is 3.00 bits per heavy atom. The minimum Gasteiger partial charge on any atom is -0.310 e. The Bertz CT molecular complexity index is 431. The molecule has 0 amide bonds. The van der Waals surface area contributed by atoms with Gasteiger partial charge in [-0.05, 0) is 67.2 Å². The molecule has 2 unspecified atom stereocenters. The zero-order valence-corrected chi connectivity index (χ0v) is 12.4. The lowest BCUT2D eigenvalue weighted by Crippen LogP contribution is -2.29. The van der Waals surface area contributed by atoms with E-state index >= 15 is 0 Å². The van der Waals surface area contributed by atoms with Crippen molar-refractivity contribution in [2.24, 2.45) is 11.8 Å². The second-order valence-corrected chi connectivity index (χ2v) is 7.17. The number of hydrogen-bond donors (Lipinski definition) is 1. The molecule has 1 aromatic rings. The van der Waals surface area contributed by atoms with Crippen LogP contribution in [0.5, 0.6) is 0 Å². The van der Waals surface area contributed by atoms with Crippen molar-refractivity contribution in [1.82, 2.24) is 5.32 Å². The van der Waals surface area contributed by atoms with Crippen molar-refractivity contribution in [3.05, 3.63) is 28.8 Å². The van der Waals surface area contributed by atoms with Crippen LogP contribution in [-0.2, 0) is 0 Å². The first kappa shape index (κ1) is 12.8. The van der Waals surface area contributed by atoms with Gasteiger partial charge in [-0.25, -0.2) is 0 Å². The molecule has 0 aromatic heterocycles. The van der Waals surface area contributed by atoms with E-state index in [1.807, 2.05) is 17.8 Å². The van der Waals surface area contributed by atoms with E-state index < -0.39 is 0 Å². The Kier molecular flexibility index (Phi) is 3.88. The molecule has 1 heterocycles. The molecule has 1 aromatic carbocycles. The molecule has 1 saturated carbocycles. The fourth-order valence-electron chi connectivity index (χ4n) is 2.74. The molecule has 3 rings (SSSR count). The molecule has 1 aliphatic heterocycles. The highest BCUT2D eigenvalue weighted by Gasteiger charge is 2.29. The Hall–Kier alpha value is -0.180. The number of nitrogens with one attached hydrogen (secondary N) is 1. The molecule has 2 atom stereocenters. The van der Waals surface area contributed by atoms with Crippen molar-refractivity contribution in [3.8, 4) is 0 Å². The monoisotopic (exact) mass is 281 g/mol. The summed E-state index contributed by atoms with van der Waals surface area (Å²) in [5.41, 5.74) is 1.40. The normalized spacial score (nSPS) is 24.7. The van der Waals surface area contributed by atoms with Gasteiger partial charge in [-0.15, -0.1) is 11.8 Å². The molecule has 0 spiro atoms. The van der Waals surface area contributed by atoms with E-state index in [9.17, 15) is 0 Å². The minimum atomic E-state index is 0.501. The zero-order valence-electron chi connectivity index (χ0n) is 10.8. The smallest absolute Gasteiger partial charge is 0.0410 e. The molecule has 2 aliphatic rings. The summed E-state index contributed by atoms with van der Waals surface area (Å²) in [5.74, 6) is 3.01. The molecule has 3 heteroatoms. The van der Waals surface area contributed by atoms with Crippen LogP contribution < -0.4 is 5.32 Å². The molecule has 1 aliphatic carbocycles. The first-order chi connectivity index (χ1) is 8.74. The molecular formula is C15H20ClNS.